The summed E-state index contributed by atoms with van der Waals surface area (Å²) in [6.07, 6.45) is -0.776. The van der Waals surface area contributed by atoms with Gasteiger partial charge in [0.15, 0.2) is 0 Å². The Bertz CT molecular complexity index is 434. The van der Waals surface area contributed by atoms with Crippen LogP contribution in [-0.4, -0.2) is 23.6 Å². The van der Waals surface area contributed by atoms with Crippen molar-refractivity contribution in [3.63, 3.8) is 0 Å². The van der Waals surface area contributed by atoms with Crippen LogP contribution in [0.4, 0.5) is 10.5 Å². The molecule has 1 N–H and O–H groups in total. The molecule has 100 valence electrons. The molecule has 0 atom stereocenters. The summed E-state index contributed by atoms with van der Waals surface area (Å²) in [5, 5.41) is 2.87. The molecular formula is C10H9Cl4NO3. The molecule has 4 nitrogen and oxygen atoms in total. The van der Waals surface area contributed by atoms with Gasteiger partial charge in [-0.15, -0.1) is 0 Å². The van der Waals surface area contributed by atoms with Gasteiger partial charge in [0.25, 0.3) is 0 Å². The highest BCUT2D eigenvalue weighted by atomic mass is 35.6. The second kappa shape index (κ2) is 6.57. The fraction of sp³-hybridized carbons (Fsp3) is 0.300. The Balaban J connectivity index is 2.66. The first-order valence-corrected chi connectivity index (χ1v) is 6.17. The molecule has 0 heterocycles. The van der Waals surface area contributed by atoms with Crippen LogP contribution in [0, 0.1) is 0 Å². The first kappa shape index (κ1) is 15.5. The second-order valence-electron chi connectivity index (χ2n) is 3.16. The maximum absolute atomic E-state index is 11.4. The molecule has 0 spiro atoms. The lowest BCUT2D eigenvalue weighted by atomic mass is 10.3. The summed E-state index contributed by atoms with van der Waals surface area (Å²) in [4.78, 5) is 11.4. The minimum Gasteiger partial charge on any atom is -0.495 e. The number of halogens is 4. The Morgan fingerprint density at radius 3 is 2.61 bits per heavy atom. The predicted molar refractivity (Wildman–Crippen MR) is 73.3 cm³/mol. The molecule has 1 aromatic rings. The number of benzene rings is 1. The third-order valence-electron chi connectivity index (χ3n) is 1.77. The van der Waals surface area contributed by atoms with Crippen LogP contribution in [-0.2, 0) is 4.74 Å². The van der Waals surface area contributed by atoms with Crippen molar-refractivity contribution in [2.45, 2.75) is 3.79 Å². The van der Waals surface area contributed by atoms with Gasteiger partial charge in [-0.05, 0) is 18.2 Å². The van der Waals surface area contributed by atoms with Gasteiger partial charge in [0.2, 0.25) is 3.79 Å². The van der Waals surface area contributed by atoms with Crippen molar-refractivity contribution in [2.24, 2.45) is 0 Å². The number of carbonyl (C=O) groups is 1. The van der Waals surface area contributed by atoms with E-state index in [0.717, 1.165) is 0 Å². The van der Waals surface area contributed by atoms with Crippen LogP contribution in [0.1, 0.15) is 0 Å². The highest BCUT2D eigenvalue weighted by Crippen LogP contribution is 2.29. The van der Waals surface area contributed by atoms with Gasteiger partial charge in [0, 0.05) is 5.02 Å². The average Bonchev–Trinajstić information content (AvgIpc) is 2.26. The Morgan fingerprint density at radius 2 is 2.06 bits per heavy atom. The zero-order valence-corrected chi connectivity index (χ0v) is 12.2. The largest absolute Gasteiger partial charge is 0.495 e. The van der Waals surface area contributed by atoms with Crippen LogP contribution in [0.2, 0.25) is 5.02 Å². The number of amides is 1. The molecule has 0 aliphatic carbocycles. The number of ether oxygens (including phenoxy) is 2. The van der Waals surface area contributed by atoms with E-state index < -0.39 is 9.89 Å². The first-order valence-electron chi connectivity index (χ1n) is 4.66. The highest BCUT2D eigenvalue weighted by Gasteiger charge is 2.22. The van der Waals surface area contributed by atoms with E-state index in [1.807, 2.05) is 0 Å². The molecule has 0 saturated carbocycles. The maximum Gasteiger partial charge on any atom is 0.411 e. The molecule has 8 heteroatoms. The third kappa shape index (κ3) is 5.40. The van der Waals surface area contributed by atoms with E-state index in [9.17, 15) is 4.79 Å². The molecule has 0 unspecified atom stereocenters. The summed E-state index contributed by atoms with van der Waals surface area (Å²) in [5.74, 6) is 0.435. The summed E-state index contributed by atoms with van der Waals surface area (Å²) >= 11 is 22.1. The second-order valence-corrected chi connectivity index (χ2v) is 6.11. The Kier molecular flexibility index (Phi) is 5.66. The normalized spacial score (nSPS) is 10.9. The quantitative estimate of drug-likeness (QED) is 0.841. The zero-order valence-electron chi connectivity index (χ0n) is 9.18. The summed E-state index contributed by atoms with van der Waals surface area (Å²) in [5.41, 5.74) is 0.360. The molecule has 0 aliphatic rings. The number of alkyl halides is 3. The molecular weight excluding hydrogens is 324 g/mol. The number of hydrogen-bond donors (Lipinski definition) is 1. The predicted octanol–water partition coefficient (Wildman–Crippen LogP) is 4.27. The minimum absolute atomic E-state index is 0.360. The van der Waals surface area contributed by atoms with Crippen LogP contribution >= 0.6 is 46.4 Å². The minimum atomic E-state index is -1.66. The molecule has 0 saturated heterocycles. The van der Waals surface area contributed by atoms with Gasteiger partial charge >= 0.3 is 6.09 Å². The van der Waals surface area contributed by atoms with Crippen molar-refractivity contribution in [3.05, 3.63) is 23.2 Å². The number of hydrogen-bond acceptors (Lipinski definition) is 3. The van der Waals surface area contributed by atoms with Gasteiger partial charge in [-0.25, -0.2) is 4.79 Å². The molecule has 1 rings (SSSR count). The van der Waals surface area contributed by atoms with Gasteiger partial charge in [0.05, 0.1) is 12.8 Å². The number of nitrogens with one attached hydrogen (secondary N) is 1. The lowest BCUT2D eigenvalue weighted by Gasteiger charge is -2.13. The lowest BCUT2D eigenvalue weighted by molar-refractivity contribution is 0.164. The summed E-state index contributed by atoms with van der Waals surface area (Å²) in [7, 11) is 1.46. The van der Waals surface area contributed by atoms with Crippen molar-refractivity contribution in [1.29, 1.82) is 0 Å². The average molecular weight is 333 g/mol. The number of rotatable bonds is 3. The summed E-state index contributed by atoms with van der Waals surface area (Å²) < 4.78 is 8.09. The van der Waals surface area contributed by atoms with Crippen LogP contribution in [0.15, 0.2) is 18.2 Å². The molecule has 0 aromatic heterocycles. The molecule has 1 aromatic carbocycles. The van der Waals surface area contributed by atoms with E-state index in [1.165, 1.54) is 13.2 Å². The Hall–Kier alpha value is -0.550. The van der Waals surface area contributed by atoms with Crippen LogP contribution in [0.25, 0.3) is 0 Å². The molecule has 0 radical (unpaired) electrons. The molecule has 1 amide bonds. The van der Waals surface area contributed by atoms with Crippen LogP contribution in [0.3, 0.4) is 0 Å². The van der Waals surface area contributed by atoms with Gasteiger partial charge in [0.1, 0.15) is 12.4 Å². The van der Waals surface area contributed by atoms with E-state index >= 15 is 0 Å². The van der Waals surface area contributed by atoms with E-state index in [2.05, 4.69) is 5.32 Å². The smallest absolute Gasteiger partial charge is 0.411 e. The number of anilines is 1. The fourth-order valence-electron chi connectivity index (χ4n) is 1.07. The fourth-order valence-corrected chi connectivity index (χ4v) is 1.41. The number of methoxy groups -OCH3 is 1. The van der Waals surface area contributed by atoms with E-state index in [-0.39, 0.29) is 6.61 Å². The SMILES string of the molecule is COc1ccc(Cl)cc1NC(=O)OCC(Cl)(Cl)Cl. The Labute approximate surface area is 124 Å². The van der Waals surface area contributed by atoms with E-state index in [1.54, 1.807) is 12.1 Å². The van der Waals surface area contributed by atoms with Gasteiger partial charge < -0.3 is 9.47 Å². The Morgan fingerprint density at radius 1 is 1.39 bits per heavy atom. The summed E-state index contributed by atoms with van der Waals surface area (Å²) in [6, 6.07) is 4.74. The standard InChI is InChI=1S/C10H9Cl4NO3/c1-17-8-3-2-6(11)4-7(8)15-9(16)18-5-10(12,13)14/h2-4H,5H2,1H3,(H,15,16). The first-order chi connectivity index (χ1) is 8.31. The van der Waals surface area contributed by atoms with Gasteiger partial charge in [-0.2, -0.15) is 0 Å². The third-order valence-corrected chi connectivity index (χ3v) is 2.33. The lowest BCUT2D eigenvalue weighted by Crippen LogP contribution is -2.21. The molecule has 0 fully saturated rings. The van der Waals surface area contributed by atoms with E-state index in [0.29, 0.717) is 16.5 Å². The van der Waals surface area contributed by atoms with Crippen molar-refractivity contribution in [3.8, 4) is 5.75 Å². The summed E-state index contributed by atoms with van der Waals surface area (Å²) in [6.45, 7) is -0.369. The van der Waals surface area contributed by atoms with Crippen molar-refractivity contribution >= 4 is 58.2 Å². The molecule has 0 bridgehead atoms. The van der Waals surface area contributed by atoms with Crippen molar-refractivity contribution in [2.75, 3.05) is 19.0 Å². The van der Waals surface area contributed by atoms with Crippen molar-refractivity contribution in [1.82, 2.24) is 0 Å². The van der Waals surface area contributed by atoms with E-state index in [4.69, 9.17) is 55.9 Å². The topological polar surface area (TPSA) is 47.6 Å². The zero-order chi connectivity index (χ0) is 13.8. The van der Waals surface area contributed by atoms with Crippen molar-refractivity contribution < 1.29 is 14.3 Å². The highest BCUT2D eigenvalue weighted by molar-refractivity contribution is 6.67. The van der Waals surface area contributed by atoms with Crippen LogP contribution < -0.4 is 10.1 Å². The van der Waals surface area contributed by atoms with Gasteiger partial charge in [-0.3, -0.25) is 5.32 Å². The molecule has 18 heavy (non-hydrogen) atoms. The molecule has 0 aliphatic heterocycles. The maximum atomic E-state index is 11.4. The number of carbonyl (C=O) groups excluding carboxylic acids is 1. The van der Waals surface area contributed by atoms with Crippen LogP contribution in [0.5, 0.6) is 5.75 Å². The van der Waals surface area contributed by atoms with Gasteiger partial charge in [-0.1, -0.05) is 46.4 Å². The monoisotopic (exact) mass is 331 g/mol.